The molecular formula is C13H21NO4. The van der Waals surface area contributed by atoms with Crippen LogP contribution in [0.2, 0.25) is 0 Å². The molecule has 1 saturated heterocycles. The number of amides is 1. The highest BCUT2D eigenvalue weighted by Crippen LogP contribution is 2.44. The molecule has 5 heteroatoms. The highest BCUT2D eigenvalue weighted by molar-refractivity contribution is 5.87. The molecule has 2 aliphatic rings. The molecule has 1 amide bonds. The quantitative estimate of drug-likeness (QED) is 0.578. The van der Waals surface area contributed by atoms with Crippen molar-refractivity contribution in [2.75, 3.05) is 6.61 Å². The number of nitrogens with one attached hydrogen (secondary N) is 1. The number of hydroxylamine groups is 1. The molecule has 102 valence electrons. The van der Waals surface area contributed by atoms with Gasteiger partial charge in [0, 0.05) is 12.5 Å². The zero-order chi connectivity index (χ0) is 13.2. The molecule has 0 aromatic rings. The van der Waals surface area contributed by atoms with Crippen LogP contribution in [0.15, 0.2) is 0 Å². The van der Waals surface area contributed by atoms with Gasteiger partial charge in [0.05, 0.1) is 11.5 Å². The molecule has 1 unspecified atom stereocenters. The van der Waals surface area contributed by atoms with E-state index in [1.807, 2.05) is 0 Å². The molecule has 2 N–H and O–H groups in total. The van der Waals surface area contributed by atoms with Gasteiger partial charge in [-0.05, 0) is 45.4 Å². The standard InChI is InChI=1S/C13H21NO4/c1-9(15)10-4-6-13(5-2-3-7-18-13)8-11(10)12(16)14-17/h10-11,17H,2-8H2,1H3,(H,14,16)/t10-,11+,13?/m1/s1. The molecule has 1 heterocycles. The van der Waals surface area contributed by atoms with E-state index >= 15 is 0 Å². The Bertz CT molecular complexity index is 336. The summed E-state index contributed by atoms with van der Waals surface area (Å²) in [6.07, 6.45) is 5.18. The zero-order valence-corrected chi connectivity index (χ0v) is 10.8. The molecule has 0 aromatic carbocycles. The minimum Gasteiger partial charge on any atom is -0.375 e. The molecule has 1 spiro atoms. The summed E-state index contributed by atoms with van der Waals surface area (Å²) < 4.78 is 5.89. The molecule has 0 radical (unpaired) electrons. The van der Waals surface area contributed by atoms with E-state index in [9.17, 15) is 9.59 Å². The Kier molecular flexibility index (Phi) is 4.02. The Morgan fingerprint density at radius 2 is 2.06 bits per heavy atom. The molecule has 1 saturated carbocycles. The second-order valence-electron chi connectivity index (χ2n) is 5.53. The van der Waals surface area contributed by atoms with Crippen LogP contribution in [0.3, 0.4) is 0 Å². The topological polar surface area (TPSA) is 75.6 Å². The van der Waals surface area contributed by atoms with Crippen LogP contribution in [0.4, 0.5) is 0 Å². The van der Waals surface area contributed by atoms with E-state index in [0.29, 0.717) is 12.8 Å². The maximum Gasteiger partial charge on any atom is 0.247 e. The summed E-state index contributed by atoms with van der Waals surface area (Å²) in [6, 6.07) is 0. The lowest BCUT2D eigenvalue weighted by atomic mass is 9.68. The van der Waals surface area contributed by atoms with Crippen molar-refractivity contribution in [2.45, 2.75) is 51.0 Å². The smallest absolute Gasteiger partial charge is 0.247 e. The monoisotopic (exact) mass is 255 g/mol. The number of rotatable bonds is 2. The molecule has 5 nitrogen and oxygen atoms in total. The van der Waals surface area contributed by atoms with Crippen molar-refractivity contribution in [3.63, 3.8) is 0 Å². The summed E-state index contributed by atoms with van der Waals surface area (Å²) in [5, 5.41) is 8.82. The molecule has 0 bridgehead atoms. The van der Waals surface area contributed by atoms with Crippen LogP contribution in [0.25, 0.3) is 0 Å². The maximum absolute atomic E-state index is 11.7. The van der Waals surface area contributed by atoms with Gasteiger partial charge in [0.2, 0.25) is 5.91 Å². The first-order valence-corrected chi connectivity index (χ1v) is 6.66. The summed E-state index contributed by atoms with van der Waals surface area (Å²) in [5.74, 6) is -1.18. The minimum absolute atomic E-state index is 0.0225. The third-order valence-corrected chi connectivity index (χ3v) is 4.39. The molecular weight excluding hydrogens is 234 g/mol. The van der Waals surface area contributed by atoms with E-state index < -0.39 is 11.8 Å². The van der Waals surface area contributed by atoms with Gasteiger partial charge < -0.3 is 4.74 Å². The van der Waals surface area contributed by atoms with Gasteiger partial charge in [-0.25, -0.2) is 5.48 Å². The summed E-state index contributed by atoms with van der Waals surface area (Å²) in [7, 11) is 0. The second kappa shape index (κ2) is 5.36. The average Bonchev–Trinajstić information content (AvgIpc) is 2.38. The summed E-state index contributed by atoms with van der Waals surface area (Å²) in [6.45, 7) is 2.25. The predicted molar refractivity (Wildman–Crippen MR) is 64.0 cm³/mol. The van der Waals surface area contributed by atoms with Gasteiger partial charge in [-0.1, -0.05) is 0 Å². The molecule has 3 atom stereocenters. The Morgan fingerprint density at radius 3 is 2.61 bits per heavy atom. The van der Waals surface area contributed by atoms with Crippen LogP contribution < -0.4 is 5.48 Å². The van der Waals surface area contributed by atoms with Crippen LogP contribution in [0.5, 0.6) is 0 Å². The van der Waals surface area contributed by atoms with Crippen LogP contribution in [-0.4, -0.2) is 29.1 Å². The summed E-state index contributed by atoms with van der Waals surface area (Å²) in [4.78, 5) is 23.3. The largest absolute Gasteiger partial charge is 0.375 e. The van der Waals surface area contributed by atoms with Gasteiger partial charge in [-0.2, -0.15) is 0 Å². The first-order chi connectivity index (χ1) is 8.58. The Morgan fingerprint density at radius 1 is 1.28 bits per heavy atom. The molecule has 1 aliphatic heterocycles. The lowest BCUT2D eigenvalue weighted by molar-refractivity contribution is -0.156. The molecule has 18 heavy (non-hydrogen) atoms. The van der Waals surface area contributed by atoms with Crippen LogP contribution in [0, 0.1) is 11.8 Å². The Balaban J connectivity index is 2.14. The highest BCUT2D eigenvalue weighted by Gasteiger charge is 2.46. The lowest BCUT2D eigenvalue weighted by Gasteiger charge is -2.45. The number of ether oxygens (including phenoxy) is 1. The van der Waals surface area contributed by atoms with Gasteiger partial charge >= 0.3 is 0 Å². The second-order valence-corrected chi connectivity index (χ2v) is 5.53. The third-order valence-electron chi connectivity index (χ3n) is 4.39. The van der Waals surface area contributed by atoms with E-state index in [-0.39, 0.29) is 17.3 Å². The summed E-state index contributed by atoms with van der Waals surface area (Å²) >= 11 is 0. The first kappa shape index (κ1) is 13.5. The van der Waals surface area contributed by atoms with E-state index in [0.717, 1.165) is 32.3 Å². The normalized spacial score (nSPS) is 36.3. The lowest BCUT2D eigenvalue weighted by Crippen LogP contribution is -2.49. The van der Waals surface area contributed by atoms with Crippen LogP contribution >= 0.6 is 0 Å². The third kappa shape index (κ3) is 2.57. The van der Waals surface area contributed by atoms with Gasteiger partial charge in [0.25, 0.3) is 0 Å². The van der Waals surface area contributed by atoms with Crippen molar-refractivity contribution in [1.29, 1.82) is 0 Å². The number of carbonyl (C=O) groups is 2. The number of hydrogen-bond acceptors (Lipinski definition) is 4. The molecule has 0 aromatic heterocycles. The Labute approximate surface area is 107 Å². The Hall–Kier alpha value is -0.940. The van der Waals surface area contributed by atoms with Crippen molar-refractivity contribution < 1.29 is 19.5 Å². The minimum atomic E-state index is -0.459. The number of hydrogen-bond donors (Lipinski definition) is 2. The maximum atomic E-state index is 11.7. The number of ketones is 1. The van der Waals surface area contributed by atoms with Crippen molar-refractivity contribution in [3.05, 3.63) is 0 Å². The van der Waals surface area contributed by atoms with E-state index in [1.54, 1.807) is 5.48 Å². The first-order valence-electron chi connectivity index (χ1n) is 6.66. The molecule has 2 fully saturated rings. The van der Waals surface area contributed by atoms with E-state index in [2.05, 4.69) is 0 Å². The van der Waals surface area contributed by atoms with Gasteiger partial charge in [0.1, 0.15) is 5.78 Å². The average molecular weight is 255 g/mol. The predicted octanol–water partition coefficient (Wildman–Crippen LogP) is 1.44. The van der Waals surface area contributed by atoms with E-state index in [4.69, 9.17) is 9.94 Å². The van der Waals surface area contributed by atoms with Crippen molar-refractivity contribution in [2.24, 2.45) is 11.8 Å². The molecule has 2 rings (SSSR count). The van der Waals surface area contributed by atoms with Crippen molar-refractivity contribution in [3.8, 4) is 0 Å². The molecule has 1 aliphatic carbocycles. The summed E-state index contributed by atoms with van der Waals surface area (Å²) in [5.41, 5.74) is 1.45. The SMILES string of the molecule is CC(=O)[C@H]1CCC2(CCCCO2)C[C@@H]1C(=O)NO. The van der Waals surface area contributed by atoms with Gasteiger partial charge in [-0.3, -0.25) is 14.8 Å². The highest BCUT2D eigenvalue weighted by atomic mass is 16.5. The van der Waals surface area contributed by atoms with E-state index in [1.165, 1.54) is 6.92 Å². The fraction of sp³-hybridized carbons (Fsp3) is 0.846. The van der Waals surface area contributed by atoms with Crippen LogP contribution in [-0.2, 0) is 14.3 Å². The van der Waals surface area contributed by atoms with Gasteiger partial charge in [0.15, 0.2) is 0 Å². The van der Waals surface area contributed by atoms with Gasteiger partial charge in [-0.15, -0.1) is 0 Å². The number of carbonyl (C=O) groups excluding carboxylic acids is 2. The fourth-order valence-electron chi connectivity index (χ4n) is 3.38. The van der Waals surface area contributed by atoms with Crippen molar-refractivity contribution >= 4 is 11.7 Å². The van der Waals surface area contributed by atoms with Crippen LogP contribution in [0.1, 0.15) is 45.4 Å². The fourth-order valence-corrected chi connectivity index (χ4v) is 3.38. The van der Waals surface area contributed by atoms with Crippen molar-refractivity contribution in [1.82, 2.24) is 5.48 Å². The zero-order valence-electron chi connectivity index (χ0n) is 10.8. The number of Topliss-reactive ketones (excluding diaryl/α,β-unsaturated/α-hetero) is 1.